The van der Waals surface area contributed by atoms with Gasteiger partial charge >= 0.3 is 5.97 Å². The van der Waals surface area contributed by atoms with Gasteiger partial charge in [0.25, 0.3) is 0 Å². The Morgan fingerprint density at radius 2 is 2.25 bits per heavy atom. The van der Waals surface area contributed by atoms with Crippen LogP contribution in [0.5, 0.6) is 0 Å². The highest BCUT2D eigenvalue weighted by molar-refractivity contribution is 5.71. The van der Waals surface area contributed by atoms with Crippen molar-refractivity contribution in [1.29, 1.82) is 0 Å². The van der Waals surface area contributed by atoms with Crippen molar-refractivity contribution in [2.75, 3.05) is 13.1 Å². The zero-order valence-corrected chi connectivity index (χ0v) is 8.80. The molecule has 1 aliphatic carbocycles. The molecule has 1 aromatic rings. The van der Waals surface area contributed by atoms with Crippen molar-refractivity contribution >= 4 is 5.97 Å². The largest absolute Gasteiger partial charge is 0.481 e. The summed E-state index contributed by atoms with van der Waals surface area (Å²) in [6, 6.07) is 0. The van der Waals surface area contributed by atoms with Crippen LogP contribution in [0.2, 0.25) is 0 Å². The maximum atomic E-state index is 10.6. The first-order chi connectivity index (χ1) is 7.72. The van der Waals surface area contributed by atoms with E-state index in [1.54, 1.807) is 0 Å². The molecule has 16 heavy (non-hydrogen) atoms. The zero-order chi connectivity index (χ0) is 11.1. The summed E-state index contributed by atoms with van der Waals surface area (Å²) in [6.45, 7) is 1.73. The van der Waals surface area contributed by atoms with E-state index in [2.05, 4.69) is 10.1 Å². The van der Waals surface area contributed by atoms with Gasteiger partial charge in [0.1, 0.15) is 0 Å². The van der Waals surface area contributed by atoms with Gasteiger partial charge in [0.05, 0.1) is 12.5 Å². The highest BCUT2D eigenvalue weighted by Crippen LogP contribution is 2.38. The number of likely N-dealkylation sites (tertiary alicyclic amines) is 1. The van der Waals surface area contributed by atoms with Crippen molar-refractivity contribution in [3.8, 4) is 0 Å². The quantitative estimate of drug-likeness (QED) is 0.799. The number of aromatic nitrogens is 2. The Kier molecular flexibility index (Phi) is 2.17. The predicted octanol–water partition coefficient (Wildman–Crippen LogP) is 0.463. The Morgan fingerprint density at radius 3 is 2.88 bits per heavy atom. The molecule has 2 heterocycles. The predicted molar refractivity (Wildman–Crippen MR) is 52.7 cm³/mol. The molecular weight excluding hydrogens is 210 g/mol. The highest BCUT2D eigenvalue weighted by Gasteiger charge is 2.34. The van der Waals surface area contributed by atoms with Crippen LogP contribution >= 0.6 is 0 Å². The van der Waals surface area contributed by atoms with Crippen LogP contribution in [0, 0.1) is 5.92 Å². The maximum absolute atomic E-state index is 10.6. The van der Waals surface area contributed by atoms with Crippen LogP contribution in [0.3, 0.4) is 0 Å². The number of carbonyl (C=O) groups is 1. The van der Waals surface area contributed by atoms with Crippen LogP contribution < -0.4 is 0 Å². The molecule has 2 aliphatic rings. The van der Waals surface area contributed by atoms with Gasteiger partial charge in [-0.05, 0) is 12.8 Å². The van der Waals surface area contributed by atoms with Gasteiger partial charge in [-0.2, -0.15) is 4.98 Å². The molecule has 0 aromatic carbocycles. The van der Waals surface area contributed by atoms with E-state index in [0.29, 0.717) is 31.4 Å². The summed E-state index contributed by atoms with van der Waals surface area (Å²) < 4.78 is 5.12. The minimum Gasteiger partial charge on any atom is -0.481 e. The number of hydrogen-bond acceptors (Lipinski definition) is 5. The lowest BCUT2D eigenvalue weighted by Crippen LogP contribution is -2.49. The van der Waals surface area contributed by atoms with Gasteiger partial charge in [-0.3, -0.25) is 9.69 Å². The first-order valence-electron chi connectivity index (χ1n) is 5.50. The molecule has 0 bridgehead atoms. The number of carboxylic acids is 1. The molecule has 86 valence electrons. The fraction of sp³-hybridized carbons (Fsp3) is 0.700. The summed E-state index contributed by atoms with van der Waals surface area (Å²) >= 11 is 0. The molecule has 1 saturated heterocycles. The van der Waals surface area contributed by atoms with Gasteiger partial charge in [0, 0.05) is 19.0 Å². The zero-order valence-electron chi connectivity index (χ0n) is 8.80. The van der Waals surface area contributed by atoms with Crippen molar-refractivity contribution in [1.82, 2.24) is 15.0 Å². The molecule has 1 aliphatic heterocycles. The SMILES string of the molecule is O=C(O)C1CN(Cc2nc(C3CC3)no2)C1. The van der Waals surface area contributed by atoms with E-state index in [0.717, 1.165) is 18.7 Å². The molecule has 1 saturated carbocycles. The fourth-order valence-electron chi connectivity index (χ4n) is 1.89. The van der Waals surface area contributed by atoms with E-state index >= 15 is 0 Å². The van der Waals surface area contributed by atoms with E-state index < -0.39 is 5.97 Å². The third-order valence-electron chi connectivity index (χ3n) is 3.09. The molecule has 6 heteroatoms. The summed E-state index contributed by atoms with van der Waals surface area (Å²) in [6.07, 6.45) is 2.31. The maximum Gasteiger partial charge on any atom is 0.309 e. The van der Waals surface area contributed by atoms with Gasteiger partial charge in [-0.15, -0.1) is 0 Å². The number of carboxylic acid groups (broad SMARTS) is 1. The van der Waals surface area contributed by atoms with Gasteiger partial charge in [-0.25, -0.2) is 0 Å². The number of aliphatic carboxylic acids is 1. The average Bonchev–Trinajstić information content (AvgIpc) is 2.92. The molecule has 0 atom stereocenters. The molecule has 0 radical (unpaired) electrons. The highest BCUT2D eigenvalue weighted by atomic mass is 16.5. The van der Waals surface area contributed by atoms with E-state index in [1.807, 2.05) is 4.90 Å². The third-order valence-corrected chi connectivity index (χ3v) is 3.09. The van der Waals surface area contributed by atoms with Gasteiger partial charge in [0.15, 0.2) is 5.82 Å². The first kappa shape index (κ1) is 9.77. The monoisotopic (exact) mass is 223 g/mol. The molecule has 0 amide bonds. The average molecular weight is 223 g/mol. The lowest BCUT2D eigenvalue weighted by atomic mass is 10.0. The number of nitrogens with zero attached hydrogens (tertiary/aromatic N) is 3. The summed E-state index contributed by atoms with van der Waals surface area (Å²) in [5, 5.41) is 12.6. The Labute approximate surface area is 92.2 Å². The van der Waals surface area contributed by atoms with Crippen molar-refractivity contribution in [2.45, 2.75) is 25.3 Å². The normalized spacial score (nSPS) is 22.0. The summed E-state index contributed by atoms with van der Waals surface area (Å²) in [5.41, 5.74) is 0. The van der Waals surface area contributed by atoms with Crippen LogP contribution in [-0.2, 0) is 11.3 Å². The molecule has 6 nitrogen and oxygen atoms in total. The van der Waals surface area contributed by atoms with Crippen LogP contribution in [-0.4, -0.2) is 39.2 Å². The Hall–Kier alpha value is -1.43. The second-order valence-electron chi connectivity index (χ2n) is 4.55. The first-order valence-corrected chi connectivity index (χ1v) is 5.50. The number of rotatable bonds is 4. The smallest absolute Gasteiger partial charge is 0.309 e. The minimum atomic E-state index is -0.722. The van der Waals surface area contributed by atoms with E-state index in [-0.39, 0.29) is 5.92 Å². The van der Waals surface area contributed by atoms with Gasteiger partial charge < -0.3 is 9.63 Å². The van der Waals surface area contributed by atoms with Crippen molar-refractivity contribution < 1.29 is 14.4 Å². The van der Waals surface area contributed by atoms with Crippen LogP contribution in [0.1, 0.15) is 30.5 Å². The topological polar surface area (TPSA) is 79.5 Å². The molecule has 0 unspecified atom stereocenters. The summed E-state index contributed by atoms with van der Waals surface area (Å²) in [4.78, 5) is 16.9. The molecular formula is C10H13N3O3. The molecule has 2 fully saturated rings. The third kappa shape index (κ3) is 1.80. The second-order valence-corrected chi connectivity index (χ2v) is 4.55. The Morgan fingerprint density at radius 1 is 1.50 bits per heavy atom. The fourth-order valence-corrected chi connectivity index (χ4v) is 1.89. The molecule has 1 N–H and O–H groups in total. The van der Waals surface area contributed by atoms with Crippen molar-refractivity contribution in [3.63, 3.8) is 0 Å². The summed E-state index contributed by atoms with van der Waals surface area (Å²) in [5.74, 6) is 0.961. The second kappa shape index (κ2) is 3.55. The van der Waals surface area contributed by atoms with Crippen molar-refractivity contribution in [3.05, 3.63) is 11.7 Å². The van der Waals surface area contributed by atoms with Gasteiger partial charge in [-0.1, -0.05) is 5.16 Å². The van der Waals surface area contributed by atoms with E-state index in [1.165, 1.54) is 0 Å². The van der Waals surface area contributed by atoms with Crippen molar-refractivity contribution in [2.24, 2.45) is 5.92 Å². The molecule has 0 spiro atoms. The van der Waals surface area contributed by atoms with E-state index in [4.69, 9.17) is 9.63 Å². The Bertz CT molecular complexity index is 407. The van der Waals surface area contributed by atoms with E-state index in [9.17, 15) is 4.79 Å². The van der Waals surface area contributed by atoms with Crippen LogP contribution in [0.15, 0.2) is 4.52 Å². The lowest BCUT2D eigenvalue weighted by Gasteiger charge is -2.35. The standard InChI is InChI=1S/C10H13N3O3/c14-10(15)7-3-13(4-7)5-8-11-9(12-16-8)6-1-2-6/h6-7H,1-5H2,(H,14,15). The Balaban J connectivity index is 1.53. The molecule has 1 aromatic heterocycles. The lowest BCUT2D eigenvalue weighted by molar-refractivity contribution is -0.147. The summed E-state index contributed by atoms with van der Waals surface area (Å²) in [7, 11) is 0. The minimum absolute atomic E-state index is 0.231. The van der Waals surface area contributed by atoms with Gasteiger partial charge in [0.2, 0.25) is 5.89 Å². The molecule has 3 rings (SSSR count). The number of hydrogen-bond donors (Lipinski definition) is 1. The van der Waals surface area contributed by atoms with Crippen LogP contribution in [0.4, 0.5) is 0 Å². The van der Waals surface area contributed by atoms with Crippen LogP contribution in [0.25, 0.3) is 0 Å².